The van der Waals surface area contributed by atoms with Gasteiger partial charge in [-0.25, -0.2) is 9.59 Å². The number of aryl methyl sites for hydroxylation is 1. The van der Waals surface area contributed by atoms with Gasteiger partial charge in [0.15, 0.2) is 5.16 Å². The summed E-state index contributed by atoms with van der Waals surface area (Å²) < 4.78 is 17.3. The van der Waals surface area contributed by atoms with Gasteiger partial charge in [0.2, 0.25) is 17.7 Å². The summed E-state index contributed by atoms with van der Waals surface area (Å²) in [6.07, 6.45) is 0.312. The molecule has 0 spiro atoms. The van der Waals surface area contributed by atoms with Crippen molar-refractivity contribution in [1.82, 2.24) is 14.8 Å². The molecule has 3 N–H and O–H groups in total. The van der Waals surface area contributed by atoms with E-state index >= 15 is 0 Å². The number of halogens is 1. The van der Waals surface area contributed by atoms with E-state index in [9.17, 15) is 14.4 Å². The molecule has 198 valence electrons. The Kier molecular flexibility index (Phi) is 9.59. The van der Waals surface area contributed by atoms with Gasteiger partial charge < -0.3 is 19.6 Å². The Labute approximate surface area is 223 Å². The topological polar surface area (TPSA) is 152 Å². The molecule has 2 heterocycles. The lowest BCUT2D eigenvalue weighted by Gasteiger charge is -2.18. The molecule has 1 atom stereocenters. The fraction of sp³-hybridized carbons (Fsp3) is 0.375. The van der Waals surface area contributed by atoms with Crippen LogP contribution in [0.4, 0.5) is 11.8 Å². The smallest absolute Gasteiger partial charge is 0.344 e. The summed E-state index contributed by atoms with van der Waals surface area (Å²) in [5, 5.41) is 11.7. The number of rotatable bonds is 11. The Hall–Kier alpha value is -3.51. The molecule has 3 rings (SSSR count). The fourth-order valence-electron chi connectivity index (χ4n) is 3.60. The molecule has 11 nitrogen and oxygen atoms in total. The molecule has 1 amide bonds. The van der Waals surface area contributed by atoms with Crippen molar-refractivity contribution in [2.75, 3.05) is 24.3 Å². The van der Waals surface area contributed by atoms with Gasteiger partial charge in [0.25, 0.3) is 0 Å². The highest BCUT2D eigenvalue weighted by atomic mass is 35.5. The molecular weight excluding hydrogens is 522 g/mol. The minimum absolute atomic E-state index is 0.0390. The Morgan fingerprint density at radius 1 is 1.11 bits per heavy atom. The number of carbonyl (C=O) groups excluding carboxylic acids is 3. The van der Waals surface area contributed by atoms with Crippen LogP contribution in [0.15, 0.2) is 33.8 Å². The predicted octanol–water partition coefficient (Wildman–Crippen LogP) is 4.65. The maximum atomic E-state index is 13.4. The fourth-order valence-corrected chi connectivity index (χ4v) is 4.87. The molecule has 0 saturated heterocycles. The van der Waals surface area contributed by atoms with Gasteiger partial charge >= 0.3 is 11.9 Å². The summed E-state index contributed by atoms with van der Waals surface area (Å²) in [6, 6.07) is 6.54. The number of furan rings is 1. The molecule has 2 aromatic heterocycles. The maximum Gasteiger partial charge on any atom is 0.344 e. The molecule has 0 fully saturated rings. The maximum absolute atomic E-state index is 13.4. The number of benzene rings is 1. The van der Waals surface area contributed by atoms with E-state index in [1.807, 2.05) is 18.2 Å². The number of esters is 2. The van der Waals surface area contributed by atoms with Gasteiger partial charge in [-0.05, 0) is 38.8 Å². The summed E-state index contributed by atoms with van der Waals surface area (Å²) in [5.74, 6) is -1.75. The third-order valence-electron chi connectivity index (χ3n) is 5.29. The Bertz CT molecular complexity index is 1290. The van der Waals surface area contributed by atoms with Crippen molar-refractivity contribution in [3.63, 3.8) is 0 Å². The summed E-state index contributed by atoms with van der Waals surface area (Å²) in [6.45, 7) is 6.68. The van der Waals surface area contributed by atoms with Crippen LogP contribution in [0.5, 0.6) is 0 Å². The summed E-state index contributed by atoms with van der Waals surface area (Å²) >= 11 is 7.58. The van der Waals surface area contributed by atoms with E-state index in [4.69, 9.17) is 31.2 Å². The summed E-state index contributed by atoms with van der Waals surface area (Å²) in [4.78, 5) is 38.7. The first-order chi connectivity index (χ1) is 17.7. The number of thioether (sulfide) groups is 1. The number of nitrogens with zero attached hydrogens (tertiary/aromatic N) is 3. The quantitative estimate of drug-likeness (QED) is 0.255. The first-order valence-electron chi connectivity index (χ1n) is 11.6. The van der Waals surface area contributed by atoms with Crippen LogP contribution >= 0.6 is 23.4 Å². The van der Waals surface area contributed by atoms with E-state index in [-0.39, 0.29) is 41.9 Å². The van der Waals surface area contributed by atoms with Crippen LogP contribution < -0.4 is 11.1 Å². The van der Waals surface area contributed by atoms with Crippen molar-refractivity contribution in [3.05, 3.63) is 51.7 Å². The van der Waals surface area contributed by atoms with Crippen LogP contribution in [-0.4, -0.2) is 45.8 Å². The highest BCUT2D eigenvalue weighted by Crippen LogP contribution is 2.32. The lowest BCUT2D eigenvalue weighted by molar-refractivity contribution is -0.119. The van der Waals surface area contributed by atoms with Crippen molar-refractivity contribution in [2.45, 2.75) is 51.1 Å². The Morgan fingerprint density at radius 3 is 2.38 bits per heavy atom. The van der Waals surface area contributed by atoms with Crippen LogP contribution in [0.2, 0.25) is 5.02 Å². The first kappa shape index (κ1) is 28.1. The highest BCUT2D eigenvalue weighted by molar-refractivity contribution is 7.98. The van der Waals surface area contributed by atoms with E-state index in [2.05, 4.69) is 15.5 Å². The van der Waals surface area contributed by atoms with Gasteiger partial charge in [0, 0.05) is 10.8 Å². The number of hydrogen-bond acceptors (Lipinski definition) is 10. The van der Waals surface area contributed by atoms with Crippen LogP contribution in [0.1, 0.15) is 65.3 Å². The number of nitrogens with one attached hydrogen (secondary N) is 1. The minimum Gasteiger partial charge on any atom is -0.462 e. The molecule has 0 aliphatic carbocycles. The van der Waals surface area contributed by atoms with E-state index in [1.54, 1.807) is 26.8 Å². The van der Waals surface area contributed by atoms with Crippen LogP contribution in [0, 0.1) is 6.92 Å². The normalized spacial score (nSPS) is 11.7. The SMILES string of the molecule is CCOC(=O)c1c(C)oc(NC(=O)C(CC)n2c(N)nnc2SCc2ccccc2Cl)c1C(=O)OCC. The van der Waals surface area contributed by atoms with Crippen LogP contribution in [0.25, 0.3) is 0 Å². The van der Waals surface area contributed by atoms with E-state index in [1.165, 1.54) is 23.3 Å². The zero-order valence-corrected chi connectivity index (χ0v) is 22.4. The van der Waals surface area contributed by atoms with Gasteiger partial charge in [0.05, 0.1) is 13.2 Å². The van der Waals surface area contributed by atoms with Gasteiger partial charge in [-0.3, -0.25) is 14.7 Å². The second-order valence-corrected chi connectivity index (χ2v) is 9.03. The third-order valence-corrected chi connectivity index (χ3v) is 6.65. The second kappa shape index (κ2) is 12.6. The zero-order valence-electron chi connectivity index (χ0n) is 20.9. The predicted molar refractivity (Wildman–Crippen MR) is 139 cm³/mol. The summed E-state index contributed by atoms with van der Waals surface area (Å²) in [7, 11) is 0. The van der Waals surface area contributed by atoms with Crippen LogP contribution in [-0.2, 0) is 20.0 Å². The van der Waals surface area contributed by atoms with Crippen molar-refractivity contribution < 1.29 is 28.3 Å². The summed E-state index contributed by atoms with van der Waals surface area (Å²) in [5.41, 5.74) is 6.64. The first-order valence-corrected chi connectivity index (χ1v) is 12.9. The molecular formula is C24H28ClN5O6S. The molecule has 0 aliphatic rings. The van der Waals surface area contributed by atoms with Crippen molar-refractivity contribution in [3.8, 4) is 0 Å². The molecule has 1 aromatic carbocycles. The molecule has 3 aromatic rings. The van der Waals surface area contributed by atoms with Crippen molar-refractivity contribution >= 4 is 53.0 Å². The number of ether oxygens (including phenoxy) is 2. The standard InChI is InChI=1S/C24H28ClN5O6S/c1-5-16(30-23(26)28-29-24(30)37-12-14-10-8-9-11-15(14)25)19(31)27-20-18(22(33)35-7-3)17(13(4)36-20)21(32)34-6-2/h8-11,16H,5-7,12H2,1-4H3,(H2,26,28)(H,27,31). The van der Waals surface area contributed by atoms with Gasteiger partial charge in [-0.15, -0.1) is 10.2 Å². The number of amides is 1. The number of aromatic nitrogens is 3. The second-order valence-electron chi connectivity index (χ2n) is 7.68. The molecule has 0 bridgehead atoms. The number of hydrogen-bond donors (Lipinski definition) is 2. The van der Waals surface area contributed by atoms with E-state index in [0.717, 1.165) is 5.56 Å². The molecule has 13 heteroatoms. The lowest BCUT2D eigenvalue weighted by Crippen LogP contribution is -2.28. The van der Waals surface area contributed by atoms with Crippen molar-refractivity contribution in [1.29, 1.82) is 0 Å². The number of nitrogen functional groups attached to an aromatic ring is 1. The minimum atomic E-state index is -0.852. The molecule has 0 radical (unpaired) electrons. The Balaban J connectivity index is 1.91. The van der Waals surface area contributed by atoms with Crippen LogP contribution in [0.3, 0.4) is 0 Å². The van der Waals surface area contributed by atoms with E-state index in [0.29, 0.717) is 22.4 Å². The molecule has 0 aliphatic heterocycles. The Morgan fingerprint density at radius 2 is 1.76 bits per heavy atom. The number of nitrogens with two attached hydrogens (primary N) is 1. The molecule has 37 heavy (non-hydrogen) atoms. The average molecular weight is 550 g/mol. The van der Waals surface area contributed by atoms with E-state index < -0.39 is 23.9 Å². The zero-order chi connectivity index (χ0) is 27.1. The van der Waals surface area contributed by atoms with Gasteiger partial charge in [-0.2, -0.15) is 0 Å². The third kappa shape index (κ3) is 6.25. The molecule has 0 saturated carbocycles. The monoisotopic (exact) mass is 549 g/mol. The lowest BCUT2D eigenvalue weighted by atomic mass is 10.1. The molecule has 1 unspecified atom stereocenters. The van der Waals surface area contributed by atoms with Gasteiger partial charge in [-0.1, -0.05) is 48.5 Å². The number of anilines is 2. The van der Waals surface area contributed by atoms with Gasteiger partial charge in [0.1, 0.15) is 22.9 Å². The average Bonchev–Trinajstić information content (AvgIpc) is 3.38. The largest absolute Gasteiger partial charge is 0.462 e. The number of carbonyl (C=O) groups is 3. The van der Waals surface area contributed by atoms with Crippen molar-refractivity contribution in [2.24, 2.45) is 0 Å². The highest BCUT2D eigenvalue weighted by Gasteiger charge is 2.33.